The lowest BCUT2D eigenvalue weighted by atomic mass is 10.1. The van der Waals surface area contributed by atoms with Crippen molar-refractivity contribution in [1.29, 1.82) is 0 Å². The second-order valence-corrected chi connectivity index (χ2v) is 7.56. The minimum absolute atomic E-state index is 0.135. The van der Waals surface area contributed by atoms with Crippen LogP contribution in [0, 0.1) is 0 Å². The number of hydrogen-bond donors (Lipinski definition) is 1. The van der Waals surface area contributed by atoms with Crippen molar-refractivity contribution in [3.8, 4) is 11.4 Å². The normalized spacial score (nSPS) is 10.5. The lowest BCUT2D eigenvalue weighted by Crippen LogP contribution is -2.04. The van der Waals surface area contributed by atoms with E-state index >= 15 is 0 Å². The van der Waals surface area contributed by atoms with Crippen LogP contribution in [0.3, 0.4) is 0 Å². The van der Waals surface area contributed by atoms with E-state index in [9.17, 15) is 9.59 Å². The molecule has 0 aliphatic heterocycles. The smallest absolute Gasteiger partial charge is 0.341 e. The highest BCUT2D eigenvalue weighted by Gasteiger charge is 2.20. The second-order valence-electron chi connectivity index (χ2n) is 7.56. The first-order chi connectivity index (χ1) is 15.2. The van der Waals surface area contributed by atoms with Gasteiger partial charge in [0.1, 0.15) is 16.9 Å². The van der Waals surface area contributed by atoms with Crippen LogP contribution >= 0.6 is 0 Å². The van der Waals surface area contributed by atoms with Crippen LogP contribution < -0.4 is 4.74 Å². The van der Waals surface area contributed by atoms with Crippen molar-refractivity contribution in [2.45, 2.75) is 39.5 Å². The van der Waals surface area contributed by atoms with Crippen molar-refractivity contribution in [2.75, 3.05) is 21.3 Å². The van der Waals surface area contributed by atoms with Crippen LogP contribution in [0.15, 0.2) is 36.7 Å². The van der Waals surface area contributed by atoms with Crippen molar-refractivity contribution < 1.29 is 23.8 Å². The van der Waals surface area contributed by atoms with Crippen molar-refractivity contribution in [3.05, 3.63) is 59.2 Å². The van der Waals surface area contributed by atoms with Crippen LogP contribution in [0.5, 0.6) is 5.75 Å². The lowest BCUT2D eigenvalue weighted by molar-refractivity contribution is 0.0590. The van der Waals surface area contributed by atoms with Gasteiger partial charge in [0, 0.05) is 12.3 Å². The SMILES string of the molecule is COC(=O)c1cn(-c2cccc(OC)c2)nc1C(C)C.COC(=O)c1cn[nH]c1C(C)C. The van der Waals surface area contributed by atoms with Gasteiger partial charge >= 0.3 is 11.9 Å². The Bertz CT molecular complexity index is 1050. The van der Waals surface area contributed by atoms with Gasteiger partial charge in [0.05, 0.1) is 44.6 Å². The molecule has 0 fully saturated rings. The highest BCUT2D eigenvalue weighted by molar-refractivity contribution is 5.91. The number of rotatable bonds is 6. The molecule has 9 nitrogen and oxygen atoms in total. The first-order valence-corrected chi connectivity index (χ1v) is 10.2. The molecule has 0 radical (unpaired) electrons. The molecule has 2 aromatic heterocycles. The predicted octanol–water partition coefficient (Wildman–Crippen LogP) is 4.11. The number of nitrogens with one attached hydrogen (secondary N) is 1. The van der Waals surface area contributed by atoms with E-state index in [1.54, 1.807) is 18.0 Å². The molecule has 3 aromatic rings. The molecular formula is C23H30N4O5. The molecule has 0 saturated heterocycles. The molecule has 0 unspecified atom stereocenters. The fourth-order valence-corrected chi connectivity index (χ4v) is 2.98. The summed E-state index contributed by atoms with van der Waals surface area (Å²) >= 11 is 0. The van der Waals surface area contributed by atoms with E-state index in [1.165, 1.54) is 20.4 Å². The van der Waals surface area contributed by atoms with Gasteiger partial charge in [-0.05, 0) is 24.0 Å². The zero-order valence-corrected chi connectivity index (χ0v) is 19.5. The highest BCUT2D eigenvalue weighted by atomic mass is 16.5. The molecule has 1 N–H and O–H groups in total. The topological polar surface area (TPSA) is 108 Å². The molecule has 0 aliphatic rings. The van der Waals surface area contributed by atoms with E-state index in [4.69, 9.17) is 9.47 Å². The van der Waals surface area contributed by atoms with Crippen LogP contribution in [0.1, 0.15) is 71.6 Å². The Balaban J connectivity index is 0.000000258. The van der Waals surface area contributed by atoms with Crippen LogP contribution in [-0.2, 0) is 9.47 Å². The van der Waals surface area contributed by atoms with E-state index < -0.39 is 0 Å². The van der Waals surface area contributed by atoms with Gasteiger partial charge in [0.15, 0.2) is 0 Å². The summed E-state index contributed by atoms with van der Waals surface area (Å²) in [7, 11) is 4.34. The molecule has 172 valence electrons. The molecular weight excluding hydrogens is 412 g/mol. The maximum Gasteiger partial charge on any atom is 0.341 e. The first kappa shape index (κ1) is 24.6. The average Bonchev–Trinajstić information content (AvgIpc) is 3.46. The van der Waals surface area contributed by atoms with Crippen molar-refractivity contribution in [1.82, 2.24) is 20.0 Å². The number of esters is 2. The minimum Gasteiger partial charge on any atom is -0.497 e. The Morgan fingerprint density at radius 3 is 2.19 bits per heavy atom. The number of methoxy groups -OCH3 is 3. The summed E-state index contributed by atoms with van der Waals surface area (Å²) in [4.78, 5) is 22.9. The highest BCUT2D eigenvalue weighted by Crippen LogP contribution is 2.22. The zero-order valence-electron chi connectivity index (χ0n) is 19.5. The molecule has 1 aromatic carbocycles. The Kier molecular flexibility index (Phi) is 8.57. The zero-order chi connectivity index (χ0) is 23.8. The maximum absolute atomic E-state index is 11.8. The van der Waals surface area contributed by atoms with Crippen molar-refractivity contribution in [3.63, 3.8) is 0 Å². The molecule has 3 rings (SSSR count). The Morgan fingerprint density at radius 1 is 0.969 bits per heavy atom. The monoisotopic (exact) mass is 442 g/mol. The van der Waals surface area contributed by atoms with Crippen LogP contribution in [0.2, 0.25) is 0 Å². The fraction of sp³-hybridized carbons (Fsp3) is 0.391. The van der Waals surface area contributed by atoms with Gasteiger partial charge in [0.2, 0.25) is 0 Å². The van der Waals surface area contributed by atoms with Gasteiger partial charge in [-0.1, -0.05) is 33.8 Å². The number of carbonyl (C=O) groups excluding carboxylic acids is 2. The first-order valence-electron chi connectivity index (χ1n) is 10.2. The third kappa shape index (κ3) is 5.75. The summed E-state index contributed by atoms with van der Waals surface area (Å²) in [6.07, 6.45) is 3.18. The van der Waals surface area contributed by atoms with Gasteiger partial charge in [-0.2, -0.15) is 10.2 Å². The number of nitrogens with zero attached hydrogens (tertiary/aromatic N) is 3. The summed E-state index contributed by atoms with van der Waals surface area (Å²) < 4.78 is 16.3. The minimum atomic E-state index is -0.372. The molecule has 0 bridgehead atoms. The fourth-order valence-electron chi connectivity index (χ4n) is 2.98. The second kappa shape index (κ2) is 11.1. The van der Waals surface area contributed by atoms with Crippen molar-refractivity contribution in [2.24, 2.45) is 0 Å². The van der Waals surface area contributed by atoms with E-state index in [2.05, 4.69) is 20.0 Å². The van der Waals surface area contributed by atoms with Gasteiger partial charge in [0.25, 0.3) is 0 Å². The third-order valence-corrected chi connectivity index (χ3v) is 4.66. The van der Waals surface area contributed by atoms with Crippen LogP contribution in [-0.4, -0.2) is 53.2 Å². The van der Waals surface area contributed by atoms with E-state index in [-0.39, 0.29) is 23.8 Å². The number of carbonyl (C=O) groups is 2. The maximum atomic E-state index is 11.8. The molecule has 0 saturated carbocycles. The summed E-state index contributed by atoms with van der Waals surface area (Å²) in [5.41, 5.74) is 3.39. The Hall–Kier alpha value is -3.62. The van der Waals surface area contributed by atoms with E-state index in [1.807, 2.05) is 52.0 Å². The van der Waals surface area contributed by atoms with Gasteiger partial charge < -0.3 is 14.2 Å². The van der Waals surface area contributed by atoms with Gasteiger partial charge in [-0.3, -0.25) is 5.10 Å². The molecule has 0 amide bonds. The van der Waals surface area contributed by atoms with Crippen molar-refractivity contribution >= 4 is 11.9 Å². The quantitative estimate of drug-likeness (QED) is 0.572. The number of aromatic nitrogens is 4. The number of H-pyrrole nitrogens is 1. The number of ether oxygens (including phenoxy) is 3. The summed E-state index contributed by atoms with van der Waals surface area (Å²) in [6.45, 7) is 7.95. The van der Waals surface area contributed by atoms with E-state index in [0.29, 0.717) is 11.1 Å². The van der Waals surface area contributed by atoms with Gasteiger partial charge in [-0.15, -0.1) is 0 Å². The largest absolute Gasteiger partial charge is 0.497 e. The Morgan fingerprint density at radius 2 is 1.62 bits per heavy atom. The average molecular weight is 443 g/mol. The molecule has 32 heavy (non-hydrogen) atoms. The molecule has 9 heteroatoms. The lowest BCUT2D eigenvalue weighted by Gasteiger charge is -2.04. The molecule has 0 atom stereocenters. The third-order valence-electron chi connectivity index (χ3n) is 4.66. The summed E-state index contributed by atoms with van der Waals surface area (Å²) in [5, 5.41) is 11.0. The number of hydrogen-bond acceptors (Lipinski definition) is 7. The standard InChI is InChI=1S/C15H18N2O3.C8H12N2O2/c1-10(2)14-13(15(18)20-4)9-17(16-14)11-6-5-7-12(8-11)19-3;1-5(2)7-6(4-9-10-7)8(11)12-3/h5-10H,1-4H3;4-5H,1-3H3,(H,9,10). The summed E-state index contributed by atoms with van der Waals surface area (Å²) in [5.74, 6) is 0.413. The predicted molar refractivity (Wildman–Crippen MR) is 120 cm³/mol. The number of aromatic amines is 1. The molecule has 0 aliphatic carbocycles. The Labute approximate surface area is 187 Å². The van der Waals surface area contributed by atoms with Gasteiger partial charge in [-0.25, -0.2) is 14.3 Å². The van der Waals surface area contributed by atoms with Crippen LogP contribution in [0.25, 0.3) is 5.69 Å². The molecule has 2 heterocycles. The number of benzene rings is 1. The van der Waals surface area contributed by atoms with Crippen LogP contribution in [0.4, 0.5) is 0 Å². The molecule has 0 spiro atoms. The van der Waals surface area contributed by atoms with E-state index in [0.717, 1.165) is 22.8 Å². The summed E-state index contributed by atoms with van der Waals surface area (Å²) in [6, 6.07) is 7.50.